The maximum absolute atomic E-state index is 14.2. The van der Waals surface area contributed by atoms with Crippen LogP contribution in [0.5, 0.6) is 5.75 Å². The van der Waals surface area contributed by atoms with Crippen LogP contribution in [0, 0.1) is 0 Å². The zero-order chi connectivity index (χ0) is 30.3. The van der Waals surface area contributed by atoms with Crippen LogP contribution >= 0.6 is 23.2 Å². The molecule has 13 heteroatoms. The highest BCUT2D eigenvalue weighted by Crippen LogP contribution is 2.42. The van der Waals surface area contributed by atoms with Gasteiger partial charge < -0.3 is 15.0 Å². The molecule has 1 aliphatic rings. The topological polar surface area (TPSA) is 58.6 Å². The number of Topliss-reactive ketones (excluding diaryl/α,β-unsaturated/α-hetero) is 1. The van der Waals surface area contributed by atoms with Gasteiger partial charge in [0.2, 0.25) is 0 Å². The third-order valence-electron chi connectivity index (χ3n) is 7.19. The number of ketones is 1. The first-order valence-corrected chi connectivity index (χ1v) is 12.8. The SMILES string of the molecule is COc1ccc(C(=O)N(C)[C@]2(C(=O)c3ccc(C(F)(F)F)cc3)CNC[C@H]2c2ccc(Cl)c(Cl)c2)cc1C(F)(F)F. The van der Waals surface area contributed by atoms with Crippen LogP contribution in [0.3, 0.4) is 0 Å². The maximum atomic E-state index is 14.2. The van der Waals surface area contributed by atoms with Gasteiger partial charge in [0.15, 0.2) is 5.78 Å². The fraction of sp³-hybridized carbons (Fsp3) is 0.286. The average Bonchev–Trinajstić information content (AvgIpc) is 3.38. The molecule has 3 aromatic rings. The number of benzene rings is 3. The van der Waals surface area contributed by atoms with Gasteiger partial charge in [-0.15, -0.1) is 0 Å². The highest BCUT2D eigenvalue weighted by Gasteiger charge is 2.54. The van der Waals surface area contributed by atoms with Gasteiger partial charge in [0.1, 0.15) is 11.3 Å². The fourth-order valence-corrected chi connectivity index (χ4v) is 5.37. The van der Waals surface area contributed by atoms with Crippen molar-refractivity contribution in [2.75, 3.05) is 27.2 Å². The van der Waals surface area contributed by atoms with Gasteiger partial charge in [0.25, 0.3) is 5.91 Å². The lowest BCUT2D eigenvalue weighted by Crippen LogP contribution is -2.59. The first-order valence-electron chi connectivity index (χ1n) is 12.0. The first kappa shape index (κ1) is 30.7. The molecule has 0 aromatic heterocycles. The summed E-state index contributed by atoms with van der Waals surface area (Å²) in [5, 5.41) is 3.44. The number of alkyl halides is 6. The lowest BCUT2D eigenvalue weighted by Gasteiger charge is -2.42. The van der Waals surface area contributed by atoms with E-state index in [4.69, 9.17) is 27.9 Å². The van der Waals surface area contributed by atoms with Crippen molar-refractivity contribution < 1.29 is 40.7 Å². The lowest BCUT2D eigenvalue weighted by molar-refractivity contribution is -0.139. The molecule has 0 bridgehead atoms. The predicted molar refractivity (Wildman–Crippen MR) is 141 cm³/mol. The Morgan fingerprint density at radius 2 is 1.54 bits per heavy atom. The Bertz CT molecular complexity index is 1480. The van der Waals surface area contributed by atoms with Crippen LogP contribution in [-0.4, -0.2) is 49.4 Å². The molecule has 0 aliphatic carbocycles. The Morgan fingerprint density at radius 1 is 0.902 bits per heavy atom. The number of hydrogen-bond donors (Lipinski definition) is 1. The van der Waals surface area contributed by atoms with Crippen LogP contribution in [0.25, 0.3) is 0 Å². The van der Waals surface area contributed by atoms with Crippen LogP contribution < -0.4 is 10.1 Å². The Balaban J connectivity index is 1.86. The molecular formula is C28H22Cl2F6N2O3. The second-order valence-corrected chi connectivity index (χ2v) is 10.3. The first-order chi connectivity index (χ1) is 19.1. The number of nitrogens with one attached hydrogen (secondary N) is 1. The molecule has 0 spiro atoms. The molecule has 5 nitrogen and oxygen atoms in total. The number of ether oxygens (including phenoxy) is 1. The molecule has 1 saturated heterocycles. The van der Waals surface area contributed by atoms with Crippen LogP contribution in [0.2, 0.25) is 10.0 Å². The van der Waals surface area contributed by atoms with E-state index >= 15 is 0 Å². The molecule has 3 aromatic carbocycles. The summed E-state index contributed by atoms with van der Waals surface area (Å²) in [4.78, 5) is 29.0. The van der Waals surface area contributed by atoms with Crippen molar-refractivity contribution in [1.29, 1.82) is 0 Å². The number of halogens is 8. The van der Waals surface area contributed by atoms with Crippen molar-refractivity contribution in [1.82, 2.24) is 10.2 Å². The van der Waals surface area contributed by atoms with Crippen LogP contribution in [0.1, 0.15) is 43.3 Å². The van der Waals surface area contributed by atoms with Crippen molar-refractivity contribution in [3.63, 3.8) is 0 Å². The molecule has 218 valence electrons. The largest absolute Gasteiger partial charge is 0.496 e. The zero-order valence-electron chi connectivity index (χ0n) is 21.5. The van der Waals surface area contributed by atoms with E-state index < -0.39 is 52.4 Å². The van der Waals surface area contributed by atoms with Gasteiger partial charge in [-0.1, -0.05) is 41.4 Å². The van der Waals surface area contributed by atoms with E-state index in [9.17, 15) is 35.9 Å². The second kappa shape index (κ2) is 11.2. The minimum absolute atomic E-state index is 0.128. The normalized spacial score (nSPS) is 19.2. The molecular weight excluding hydrogens is 597 g/mol. The molecule has 0 unspecified atom stereocenters. The van der Waals surface area contributed by atoms with Crippen molar-refractivity contribution in [2.24, 2.45) is 0 Å². The Kier molecular flexibility index (Phi) is 8.37. The molecule has 1 fully saturated rings. The summed E-state index contributed by atoms with van der Waals surface area (Å²) < 4.78 is 85.5. The highest BCUT2D eigenvalue weighted by molar-refractivity contribution is 6.42. The number of rotatable bonds is 6. The predicted octanol–water partition coefficient (Wildman–Crippen LogP) is 7.12. The van der Waals surface area contributed by atoms with E-state index in [2.05, 4.69) is 5.32 Å². The van der Waals surface area contributed by atoms with Gasteiger partial charge >= 0.3 is 12.4 Å². The van der Waals surface area contributed by atoms with E-state index in [0.29, 0.717) is 11.6 Å². The maximum Gasteiger partial charge on any atom is 0.419 e. The van der Waals surface area contributed by atoms with E-state index in [-0.39, 0.29) is 34.3 Å². The van der Waals surface area contributed by atoms with Crippen molar-refractivity contribution in [2.45, 2.75) is 23.8 Å². The summed E-state index contributed by atoms with van der Waals surface area (Å²) in [5.41, 5.74) is -3.96. The van der Waals surface area contributed by atoms with E-state index in [1.807, 2.05) is 0 Å². The number of likely N-dealkylation sites (N-methyl/N-ethyl adjacent to an activating group) is 1. The summed E-state index contributed by atoms with van der Waals surface area (Å²) >= 11 is 12.3. The Morgan fingerprint density at radius 3 is 2.10 bits per heavy atom. The molecule has 1 N–H and O–H groups in total. The van der Waals surface area contributed by atoms with Crippen LogP contribution in [0.15, 0.2) is 60.7 Å². The number of methoxy groups -OCH3 is 1. The molecule has 1 aliphatic heterocycles. The van der Waals surface area contributed by atoms with Gasteiger partial charge in [-0.3, -0.25) is 9.59 Å². The Labute approximate surface area is 241 Å². The average molecular weight is 619 g/mol. The highest BCUT2D eigenvalue weighted by atomic mass is 35.5. The van der Waals surface area contributed by atoms with Gasteiger partial charge in [-0.2, -0.15) is 26.3 Å². The monoisotopic (exact) mass is 618 g/mol. The third kappa shape index (κ3) is 5.75. The molecule has 0 saturated carbocycles. The summed E-state index contributed by atoms with van der Waals surface area (Å²) in [6, 6.07) is 10.9. The van der Waals surface area contributed by atoms with Crippen molar-refractivity contribution in [3.8, 4) is 5.75 Å². The zero-order valence-corrected chi connectivity index (χ0v) is 23.0. The van der Waals surface area contributed by atoms with Gasteiger partial charge in [-0.25, -0.2) is 0 Å². The summed E-state index contributed by atoms with van der Waals surface area (Å²) in [5.74, 6) is -2.94. The van der Waals surface area contributed by atoms with E-state index in [0.717, 1.165) is 48.4 Å². The quantitative estimate of drug-likeness (QED) is 0.236. The molecule has 1 amide bonds. The van der Waals surface area contributed by atoms with E-state index in [1.54, 1.807) is 6.07 Å². The Hall–Kier alpha value is -3.28. The number of hydrogen-bond acceptors (Lipinski definition) is 4. The smallest absolute Gasteiger partial charge is 0.419 e. The third-order valence-corrected chi connectivity index (χ3v) is 7.93. The fourth-order valence-electron chi connectivity index (χ4n) is 5.06. The number of carbonyl (C=O) groups excluding carboxylic acids is 2. The molecule has 1 heterocycles. The van der Waals surface area contributed by atoms with Gasteiger partial charge in [0, 0.05) is 37.2 Å². The van der Waals surface area contributed by atoms with Crippen LogP contribution in [0.4, 0.5) is 26.3 Å². The second-order valence-electron chi connectivity index (χ2n) is 9.46. The lowest BCUT2D eigenvalue weighted by atomic mass is 9.75. The summed E-state index contributed by atoms with van der Waals surface area (Å²) in [6.07, 6.45) is -9.49. The molecule has 0 radical (unpaired) electrons. The minimum atomic E-state index is -4.84. The standard InChI is InChI=1S/C28H22Cl2F6N2O3/c1-38(25(40)17-6-10-23(41-2)19(11-17)28(34,35)36)26(24(39)15-3-7-18(8-4-15)27(31,32)33)14-37-13-20(26)16-5-9-21(29)22(30)12-16/h3-12,20,37H,13-14H2,1-2H3/t20-,26+/m0/s1. The van der Waals surface area contributed by atoms with Crippen molar-refractivity contribution in [3.05, 3.63) is 98.5 Å². The minimum Gasteiger partial charge on any atom is -0.496 e. The number of nitrogens with zero attached hydrogens (tertiary/aromatic N) is 1. The van der Waals surface area contributed by atoms with Crippen LogP contribution in [-0.2, 0) is 12.4 Å². The summed E-state index contributed by atoms with van der Waals surface area (Å²) in [7, 11) is 2.32. The van der Waals surface area contributed by atoms with Crippen molar-refractivity contribution >= 4 is 34.9 Å². The van der Waals surface area contributed by atoms with Gasteiger partial charge in [0.05, 0.1) is 28.3 Å². The number of amides is 1. The summed E-state index contributed by atoms with van der Waals surface area (Å²) in [6.45, 7) is -0.0132. The van der Waals surface area contributed by atoms with Gasteiger partial charge in [-0.05, 0) is 48.0 Å². The molecule has 41 heavy (non-hydrogen) atoms. The molecule has 2 atom stereocenters. The number of carbonyl (C=O) groups is 2. The van der Waals surface area contributed by atoms with E-state index in [1.165, 1.54) is 19.2 Å². The molecule has 4 rings (SSSR count).